The molecule has 0 heterocycles. The van der Waals surface area contributed by atoms with Crippen molar-refractivity contribution in [3.05, 3.63) is 83.9 Å². The van der Waals surface area contributed by atoms with E-state index in [0.29, 0.717) is 11.3 Å². The van der Waals surface area contributed by atoms with Crippen molar-refractivity contribution in [2.45, 2.75) is 26.9 Å². The molecule has 41 heavy (non-hydrogen) atoms. The molecule has 1 atom stereocenters. The molecule has 0 aliphatic heterocycles. The zero-order valence-electron chi connectivity index (χ0n) is 22.3. The third-order valence-corrected chi connectivity index (χ3v) is 5.94. The Morgan fingerprint density at radius 1 is 1.02 bits per heavy atom. The van der Waals surface area contributed by atoms with E-state index in [-0.39, 0.29) is 25.3 Å². The Labute approximate surface area is 238 Å². The number of hydrogen-bond acceptors (Lipinski definition) is 7. The van der Waals surface area contributed by atoms with Gasteiger partial charge in [-0.25, -0.2) is 4.79 Å². The summed E-state index contributed by atoms with van der Waals surface area (Å²) in [5.74, 6) is -1.20. The lowest BCUT2D eigenvalue weighted by Crippen LogP contribution is -2.33. The summed E-state index contributed by atoms with van der Waals surface area (Å²) in [5.41, 5.74) is 3.82. The molecule has 0 aromatic heterocycles. The zero-order valence-corrected chi connectivity index (χ0v) is 23.2. The van der Waals surface area contributed by atoms with Crippen molar-refractivity contribution in [1.29, 1.82) is 5.26 Å². The summed E-state index contributed by atoms with van der Waals surface area (Å²) in [6.07, 6.45) is -0.360. The molecule has 0 saturated heterocycles. The first-order valence-corrected chi connectivity index (χ1v) is 13.5. The molecule has 3 rings (SSSR count). The van der Waals surface area contributed by atoms with E-state index in [4.69, 9.17) is 10.00 Å². The number of aryl methyl sites for hydroxylation is 1. The first kappa shape index (κ1) is 32.5. The minimum Gasteiger partial charge on any atom is -0.450 e. The summed E-state index contributed by atoms with van der Waals surface area (Å²) in [5, 5.41) is 14.5. The second-order valence-corrected chi connectivity index (χ2v) is 9.14. The highest BCUT2D eigenvalue weighted by molar-refractivity contribution is 7.71. The summed E-state index contributed by atoms with van der Waals surface area (Å²) >= 11 is 0. The van der Waals surface area contributed by atoms with Crippen LogP contribution in [0.15, 0.2) is 72.8 Å². The number of anilines is 1. The van der Waals surface area contributed by atoms with Crippen molar-refractivity contribution < 1.29 is 36.3 Å². The van der Waals surface area contributed by atoms with Gasteiger partial charge in [-0.1, -0.05) is 54.6 Å². The first-order valence-electron chi connectivity index (χ1n) is 12.3. The quantitative estimate of drug-likeness (QED) is 0.253. The molecule has 3 aromatic rings. The van der Waals surface area contributed by atoms with Crippen LogP contribution in [0.3, 0.4) is 0 Å². The van der Waals surface area contributed by atoms with Gasteiger partial charge in [0.2, 0.25) is 16.2 Å². The molecular formula is C29H29F2N3O6S. The Bertz CT molecular complexity index is 1480. The number of para-hydroxylation sites is 1. The van der Waals surface area contributed by atoms with Crippen LogP contribution in [0.2, 0.25) is 0 Å². The van der Waals surface area contributed by atoms with E-state index in [1.807, 2.05) is 30.3 Å². The maximum Gasteiger partial charge on any atom is 0.411 e. The number of hydrogen-bond donors (Lipinski definition) is 2. The number of benzene rings is 3. The molecule has 0 aliphatic rings. The van der Waals surface area contributed by atoms with E-state index in [1.165, 1.54) is 6.07 Å². The summed E-state index contributed by atoms with van der Waals surface area (Å²) in [7, 11) is -2.51. The van der Waals surface area contributed by atoms with Gasteiger partial charge in [-0.15, -0.1) is 0 Å². The molecular weight excluding hydrogens is 556 g/mol. The third-order valence-electron chi connectivity index (χ3n) is 5.39. The SMILES string of the molecule is CCOC(=O)Nc1ccc(-c2cccc(CC(C=S(=O)=O)C(=O)NCC#N)c2)cc1.Cc1ccccc1OC(F)F. The number of ether oxygens (including phenoxy) is 2. The zero-order chi connectivity index (χ0) is 30.2. The van der Waals surface area contributed by atoms with Gasteiger partial charge < -0.3 is 14.8 Å². The Balaban J connectivity index is 0.000000446. The van der Waals surface area contributed by atoms with Gasteiger partial charge in [-0.2, -0.15) is 22.5 Å². The Morgan fingerprint density at radius 2 is 1.73 bits per heavy atom. The molecule has 0 aliphatic carbocycles. The molecule has 0 bridgehead atoms. The van der Waals surface area contributed by atoms with E-state index >= 15 is 0 Å². The molecule has 0 fully saturated rings. The number of nitrogens with zero attached hydrogens (tertiary/aromatic N) is 1. The summed E-state index contributed by atoms with van der Waals surface area (Å²) < 4.78 is 54.6. The maximum absolute atomic E-state index is 12.2. The predicted molar refractivity (Wildman–Crippen MR) is 151 cm³/mol. The van der Waals surface area contributed by atoms with E-state index in [0.717, 1.165) is 22.1 Å². The van der Waals surface area contributed by atoms with Gasteiger partial charge in [0.05, 0.1) is 18.6 Å². The fourth-order valence-electron chi connectivity index (χ4n) is 3.54. The van der Waals surface area contributed by atoms with Crippen LogP contribution in [0.5, 0.6) is 5.75 Å². The fraction of sp³-hybridized carbons (Fsp3) is 0.241. The van der Waals surface area contributed by atoms with Crippen molar-refractivity contribution >= 4 is 33.3 Å². The largest absolute Gasteiger partial charge is 0.450 e. The molecule has 216 valence electrons. The maximum atomic E-state index is 12.2. The molecule has 12 heteroatoms. The van der Waals surface area contributed by atoms with Crippen LogP contribution >= 0.6 is 0 Å². The van der Waals surface area contributed by atoms with Crippen molar-refractivity contribution in [3.8, 4) is 22.9 Å². The molecule has 1 unspecified atom stereocenters. The summed E-state index contributed by atoms with van der Waals surface area (Å²) in [4.78, 5) is 23.6. The average molecular weight is 586 g/mol. The van der Waals surface area contributed by atoms with Crippen molar-refractivity contribution in [1.82, 2.24) is 5.32 Å². The Morgan fingerprint density at radius 3 is 2.34 bits per heavy atom. The van der Waals surface area contributed by atoms with Gasteiger partial charge in [-0.3, -0.25) is 10.1 Å². The normalized spacial score (nSPS) is 10.7. The second-order valence-electron chi connectivity index (χ2n) is 8.35. The van der Waals surface area contributed by atoms with E-state index in [9.17, 15) is 26.8 Å². The van der Waals surface area contributed by atoms with Gasteiger partial charge in [-0.05, 0) is 60.7 Å². The van der Waals surface area contributed by atoms with Crippen molar-refractivity contribution in [3.63, 3.8) is 0 Å². The monoisotopic (exact) mass is 585 g/mol. The number of carbonyl (C=O) groups is 2. The standard InChI is InChI=1S/C21H21N3O5S.C8H8F2O/c1-2-29-21(26)24-19-8-6-16(7-9-19)17-5-3-4-15(12-17)13-18(14-30(27)28)20(25)23-11-10-22;1-6-4-2-3-5-7(6)11-8(9)10/h3-9,12,14,18H,2,11,13H2,1H3,(H,23,25)(H,24,26);2-5,8H,1H3. The van der Waals surface area contributed by atoms with Crippen molar-refractivity contribution in [2.24, 2.45) is 5.92 Å². The van der Waals surface area contributed by atoms with Crippen LogP contribution in [-0.4, -0.2) is 45.5 Å². The van der Waals surface area contributed by atoms with Crippen LogP contribution in [0.4, 0.5) is 19.3 Å². The van der Waals surface area contributed by atoms with Crippen LogP contribution in [0, 0.1) is 24.2 Å². The number of alkyl halides is 2. The van der Waals surface area contributed by atoms with Crippen LogP contribution < -0.4 is 15.4 Å². The van der Waals surface area contributed by atoms with Crippen LogP contribution in [-0.2, 0) is 26.2 Å². The van der Waals surface area contributed by atoms with Crippen LogP contribution in [0.25, 0.3) is 11.1 Å². The van der Waals surface area contributed by atoms with Gasteiger partial charge in [0.15, 0.2) is 0 Å². The highest BCUT2D eigenvalue weighted by Crippen LogP contribution is 2.24. The molecule has 9 nitrogen and oxygen atoms in total. The van der Waals surface area contributed by atoms with Gasteiger partial charge >= 0.3 is 12.7 Å². The van der Waals surface area contributed by atoms with E-state index in [1.54, 1.807) is 56.3 Å². The van der Waals surface area contributed by atoms with Crippen LogP contribution in [0.1, 0.15) is 18.1 Å². The second kappa shape index (κ2) is 17.0. The summed E-state index contributed by atoms with van der Waals surface area (Å²) in [6.45, 7) is 0.790. The van der Waals surface area contributed by atoms with Gasteiger partial charge in [0.1, 0.15) is 12.3 Å². The van der Waals surface area contributed by atoms with Gasteiger partial charge in [0, 0.05) is 11.1 Å². The van der Waals surface area contributed by atoms with Gasteiger partial charge in [0.25, 0.3) is 0 Å². The lowest BCUT2D eigenvalue weighted by Gasteiger charge is -2.12. The topological polar surface area (TPSA) is 135 Å². The molecule has 0 spiro atoms. The number of nitriles is 1. The average Bonchev–Trinajstić information content (AvgIpc) is 2.93. The fourth-order valence-corrected chi connectivity index (χ4v) is 4.03. The minimum absolute atomic E-state index is 0.168. The number of carbonyl (C=O) groups excluding carboxylic acids is 2. The smallest absolute Gasteiger partial charge is 0.411 e. The lowest BCUT2D eigenvalue weighted by molar-refractivity contribution is -0.122. The predicted octanol–water partition coefficient (Wildman–Crippen LogP) is 5.00. The minimum atomic E-state index is -2.74. The number of halogens is 2. The Hall–Kier alpha value is -4.76. The lowest BCUT2D eigenvalue weighted by atomic mass is 9.96. The molecule has 3 aromatic carbocycles. The number of amides is 2. The van der Waals surface area contributed by atoms with E-state index < -0.39 is 34.8 Å². The molecule has 0 radical (unpaired) electrons. The van der Waals surface area contributed by atoms with Crippen molar-refractivity contribution in [2.75, 3.05) is 18.5 Å². The Kier molecular flexibility index (Phi) is 13.5. The molecule has 2 amide bonds. The highest BCUT2D eigenvalue weighted by atomic mass is 32.2. The third kappa shape index (κ3) is 11.9. The number of rotatable bonds is 10. The molecule has 0 saturated carbocycles. The molecule has 2 N–H and O–H groups in total. The van der Waals surface area contributed by atoms with E-state index in [2.05, 4.69) is 15.4 Å². The summed E-state index contributed by atoms with van der Waals surface area (Å²) in [6, 6.07) is 23.0. The first-order chi connectivity index (χ1) is 19.6. The number of nitrogens with one attached hydrogen (secondary N) is 2. The highest BCUT2D eigenvalue weighted by Gasteiger charge is 2.17.